The van der Waals surface area contributed by atoms with E-state index in [1.165, 1.54) is 6.92 Å². The molecular weight excluding hydrogens is 402 g/mol. The number of amides is 2. The molecule has 1 aliphatic heterocycles. The van der Waals surface area contributed by atoms with Crippen molar-refractivity contribution in [1.82, 2.24) is 9.62 Å². The third-order valence-electron chi connectivity index (χ3n) is 6.15. The molecule has 8 heteroatoms. The van der Waals surface area contributed by atoms with E-state index in [0.29, 0.717) is 24.3 Å². The monoisotopic (exact) mass is 435 g/mol. The van der Waals surface area contributed by atoms with Gasteiger partial charge in [-0.2, -0.15) is 4.31 Å². The van der Waals surface area contributed by atoms with Crippen molar-refractivity contribution in [3.05, 3.63) is 23.8 Å². The molecule has 2 N–H and O–H groups in total. The van der Waals surface area contributed by atoms with Crippen molar-refractivity contribution >= 4 is 27.5 Å². The summed E-state index contributed by atoms with van der Waals surface area (Å²) in [4.78, 5) is 24.8. The van der Waals surface area contributed by atoms with Crippen LogP contribution in [0.5, 0.6) is 0 Å². The standard InChI is InChI=1S/C22H33N3O4S/c1-16-11-12-19(15-20(16)30(28,29)25-13-7-3-4-8-14-25)24-22(27)21(23-17(2)26)18-9-5-6-10-18/h11-12,15,18,21H,3-10,13-14H2,1-2H3,(H,23,26)(H,24,27)/t21-/m1/s1. The Bertz CT molecular complexity index is 870. The van der Waals surface area contributed by atoms with E-state index in [4.69, 9.17) is 0 Å². The molecule has 2 fully saturated rings. The molecule has 3 rings (SSSR count). The van der Waals surface area contributed by atoms with Crippen LogP contribution in [0.15, 0.2) is 23.1 Å². The van der Waals surface area contributed by atoms with Gasteiger partial charge in [-0.15, -0.1) is 0 Å². The minimum Gasteiger partial charge on any atom is -0.344 e. The molecule has 1 heterocycles. The molecule has 1 aliphatic carbocycles. The molecular formula is C22H33N3O4S. The lowest BCUT2D eigenvalue weighted by Crippen LogP contribution is -2.47. The van der Waals surface area contributed by atoms with Gasteiger partial charge in [0.1, 0.15) is 6.04 Å². The van der Waals surface area contributed by atoms with Crippen LogP contribution < -0.4 is 10.6 Å². The van der Waals surface area contributed by atoms with Gasteiger partial charge in [0.05, 0.1) is 4.90 Å². The Morgan fingerprint density at radius 1 is 1.03 bits per heavy atom. The summed E-state index contributed by atoms with van der Waals surface area (Å²) in [7, 11) is -3.62. The van der Waals surface area contributed by atoms with Gasteiger partial charge in [0.25, 0.3) is 0 Å². The smallest absolute Gasteiger partial charge is 0.247 e. The first-order valence-corrected chi connectivity index (χ1v) is 12.4. The van der Waals surface area contributed by atoms with E-state index in [9.17, 15) is 18.0 Å². The fourth-order valence-electron chi connectivity index (χ4n) is 4.50. The predicted octanol–water partition coefficient (Wildman–Crippen LogP) is 3.19. The molecule has 1 aromatic rings. The number of carbonyl (C=O) groups excluding carboxylic acids is 2. The summed E-state index contributed by atoms with van der Waals surface area (Å²) in [5.74, 6) is -0.422. The molecule has 1 saturated carbocycles. The van der Waals surface area contributed by atoms with Crippen LogP contribution >= 0.6 is 0 Å². The second-order valence-electron chi connectivity index (χ2n) is 8.51. The topological polar surface area (TPSA) is 95.6 Å². The lowest BCUT2D eigenvalue weighted by molar-refractivity contribution is -0.126. The first-order chi connectivity index (χ1) is 14.3. The van der Waals surface area contributed by atoms with Crippen molar-refractivity contribution in [2.45, 2.75) is 76.2 Å². The number of hydrogen-bond acceptors (Lipinski definition) is 4. The normalized spacial score (nSPS) is 19.8. The summed E-state index contributed by atoms with van der Waals surface area (Å²) in [5.41, 5.74) is 1.10. The number of nitrogens with zero attached hydrogens (tertiary/aromatic N) is 1. The highest BCUT2D eigenvalue weighted by molar-refractivity contribution is 7.89. The Balaban J connectivity index is 1.81. The fourth-order valence-corrected chi connectivity index (χ4v) is 6.27. The third-order valence-corrected chi connectivity index (χ3v) is 8.19. The lowest BCUT2D eigenvalue weighted by Gasteiger charge is -2.24. The molecule has 0 bridgehead atoms. The molecule has 2 amide bonds. The van der Waals surface area contributed by atoms with E-state index >= 15 is 0 Å². The van der Waals surface area contributed by atoms with Crippen LogP contribution in [-0.2, 0) is 19.6 Å². The van der Waals surface area contributed by atoms with Gasteiger partial charge in [-0.1, -0.05) is 31.7 Å². The maximum atomic E-state index is 13.2. The number of rotatable bonds is 6. The summed E-state index contributed by atoms with van der Waals surface area (Å²) in [6.45, 7) is 4.25. The zero-order valence-electron chi connectivity index (χ0n) is 17.9. The van der Waals surface area contributed by atoms with Crippen molar-refractivity contribution in [3.63, 3.8) is 0 Å². The third kappa shape index (κ3) is 5.40. The number of aryl methyl sites for hydroxylation is 1. The van der Waals surface area contributed by atoms with Crippen molar-refractivity contribution in [2.75, 3.05) is 18.4 Å². The van der Waals surface area contributed by atoms with Gasteiger partial charge >= 0.3 is 0 Å². The van der Waals surface area contributed by atoms with Gasteiger partial charge in [-0.25, -0.2) is 8.42 Å². The van der Waals surface area contributed by atoms with Crippen molar-refractivity contribution in [1.29, 1.82) is 0 Å². The van der Waals surface area contributed by atoms with Gasteiger partial charge in [0.15, 0.2) is 0 Å². The number of hydrogen-bond donors (Lipinski definition) is 2. The van der Waals surface area contributed by atoms with E-state index in [-0.39, 0.29) is 22.6 Å². The Morgan fingerprint density at radius 2 is 1.67 bits per heavy atom. The number of benzene rings is 1. The van der Waals surface area contributed by atoms with Crippen molar-refractivity contribution in [2.24, 2.45) is 5.92 Å². The summed E-state index contributed by atoms with van der Waals surface area (Å²) in [6, 6.07) is 4.39. The van der Waals surface area contributed by atoms with Crippen LogP contribution in [0.1, 0.15) is 63.9 Å². The van der Waals surface area contributed by atoms with E-state index in [1.54, 1.807) is 29.4 Å². The van der Waals surface area contributed by atoms with Crippen molar-refractivity contribution in [3.8, 4) is 0 Å². The predicted molar refractivity (Wildman–Crippen MR) is 117 cm³/mol. The quantitative estimate of drug-likeness (QED) is 0.717. The summed E-state index contributed by atoms with van der Waals surface area (Å²) >= 11 is 0. The van der Waals surface area contributed by atoms with Crippen LogP contribution in [0.4, 0.5) is 5.69 Å². The second-order valence-corrected chi connectivity index (χ2v) is 10.4. The zero-order chi connectivity index (χ0) is 21.7. The van der Waals surface area contributed by atoms with Gasteiger partial charge in [0, 0.05) is 25.7 Å². The molecule has 1 saturated heterocycles. The van der Waals surface area contributed by atoms with Gasteiger partial charge in [-0.05, 0) is 56.2 Å². The SMILES string of the molecule is CC(=O)N[C@@H](C(=O)Nc1ccc(C)c(S(=O)(=O)N2CCCCCC2)c1)C1CCCC1. The molecule has 166 valence electrons. The Labute approximate surface area is 179 Å². The molecule has 0 unspecified atom stereocenters. The minimum atomic E-state index is -3.62. The van der Waals surface area contributed by atoms with E-state index in [0.717, 1.165) is 51.4 Å². The lowest BCUT2D eigenvalue weighted by atomic mass is 9.97. The Morgan fingerprint density at radius 3 is 2.27 bits per heavy atom. The van der Waals surface area contributed by atoms with Crippen LogP contribution in [0.3, 0.4) is 0 Å². The molecule has 0 spiro atoms. The highest BCUT2D eigenvalue weighted by Crippen LogP contribution is 2.29. The van der Waals surface area contributed by atoms with Gasteiger partial charge < -0.3 is 10.6 Å². The van der Waals surface area contributed by atoms with Crippen LogP contribution in [0, 0.1) is 12.8 Å². The van der Waals surface area contributed by atoms with Crippen LogP contribution in [0.2, 0.25) is 0 Å². The van der Waals surface area contributed by atoms with E-state index < -0.39 is 16.1 Å². The highest BCUT2D eigenvalue weighted by atomic mass is 32.2. The summed E-state index contributed by atoms with van der Waals surface area (Å²) in [6.07, 6.45) is 7.75. The molecule has 0 radical (unpaired) electrons. The fraction of sp³-hybridized carbons (Fsp3) is 0.636. The second kappa shape index (κ2) is 9.92. The number of anilines is 1. The summed E-state index contributed by atoms with van der Waals surface area (Å²) < 4.78 is 28.0. The highest BCUT2D eigenvalue weighted by Gasteiger charge is 2.32. The number of carbonyl (C=O) groups is 2. The first-order valence-electron chi connectivity index (χ1n) is 11.0. The summed E-state index contributed by atoms with van der Waals surface area (Å²) in [5, 5.41) is 5.62. The Kier molecular flexibility index (Phi) is 7.52. The van der Waals surface area contributed by atoms with E-state index in [1.807, 2.05) is 0 Å². The van der Waals surface area contributed by atoms with E-state index in [2.05, 4.69) is 10.6 Å². The van der Waals surface area contributed by atoms with Crippen LogP contribution in [0.25, 0.3) is 0 Å². The average Bonchev–Trinajstić information content (AvgIpc) is 3.08. The molecule has 7 nitrogen and oxygen atoms in total. The van der Waals surface area contributed by atoms with Gasteiger partial charge in [-0.3, -0.25) is 9.59 Å². The van der Waals surface area contributed by atoms with Gasteiger partial charge in [0.2, 0.25) is 21.8 Å². The largest absolute Gasteiger partial charge is 0.344 e. The molecule has 1 atom stereocenters. The minimum absolute atomic E-state index is 0.111. The average molecular weight is 436 g/mol. The molecule has 1 aromatic carbocycles. The zero-order valence-corrected chi connectivity index (χ0v) is 18.8. The van der Waals surface area contributed by atoms with Crippen molar-refractivity contribution < 1.29 is 18.0 Å². The molecule has 0 aromatic heterocycles. The Hall–Kier alpha value is -1.93. The number of sulfonamides is 1. The molecule has 30 heavy (non-hydrogen) atoms. The van der Waals surface area contributed by atoms with Crippen LogP contribution in [-0.4, -0.2) is 43.7 Å². The first kappa shape index (κ1) is 22.7. The number of nitrogens with one attached hydrogen (secondary N) is 2. The maximum Gasteiger partial charge on any atom is 0.247 e. The molecule has 2 aliphatic rings. The maximum absolute atomic E-state index is 13.2.